The van der Waals surface area contributed by atoms with Crippen LogP contribution in [0.5, 0.6) is 0 Å². The summed E-state index contributed by atoms with van der Waals surface area (Å²) in [5, 5.41) is 12.7. The molecule has 110 valence electrons. The van der Waals surface area contributed by atoms with Crippen LogP contribution in [0.3, 0.4) is 0 Å². The average Bonchev–Trinajstić information content (AvgIpc) is 3.10. The molecule has 0 atom stereocenters. The molecule has 1 amide bonds. The minimum absolute atomic E-state index is 0.160. The zero-order valence-corrected chi connectivity index (χ0v) is 12.4. The van der Waals surface area contributed by atoms with E-state index in [0.717, 1.165) is 10.2 Å². The second kappa shape index (κ2) is 5.00. The van der Waals surface area contributed by atoms with Crippen molar-refractivity contribution in [2.75, 3.05) is 5.32 Å². The lowest BCUT2D eigenvalue weighted by Crippen LogP contribution is -2.05. The SMILES string of the molecule is N#C/C(=C1/C(=O)Nc2ccc(F)cc21)c1nc2ccccc2s1. The number of aromatic nitrogens is 1. The van der Waals surface area contributed by atoms with Crippen molar-refractivity contribution >= 4 is 44.3 Å². The molecule has 2 heterocycles. The second-order valence-corrected chi connectivity index (χ2v) is 6.02. The van der Waals surface area contributed by atoms with E-state index >= 15 is 0 Å². The van der Waals surface area contributed by atoms with E-state index in [1.165, 1.54) is 29.5 Å². The number of nitriles is 1. The minimum atomic E-state index is -0.459. The number of anilines is 1. The molecule has 4 rings (SSSR count). The van der Waals surface area contributed by atoms with Crippen LogP contribution in [0.4, 0.5) is 10.1 Å². The first-order valence-electron chi connectivity index (χ1n) is 6.79. The summed E-state index contributed by atoms with van der Waals surface area (Å²) in [6.45, 7) is 0. The summed E-state index contributed by atoms with van der Waals surface area (Å²) in [7, 11) is 0. The van der Waals surface area contributed by atoms with Gasteiger partial charge in [-0.15, -0.1) is 11.3 Å². The van der Waals surface area contributed by atoms with Crippen LogP contribution in [0, 0.1) is 17.1 Å². The molecule has 0 bridgehead atoms. The van der Waals surface area contributed by atoms with Gasteiger partial charge in [0, 0.05) is 11.3 Å². The Morgan fingerprint density at radius 1 is 1.26 bits per heavy atom. The number of rotatable bonds is 1. The number of nitrogens with one attached hydrogen (secondary N) is 1. The van der Waals surface area contributed by atoms with Crippen LogP contribution in [0.15, 0.2) is 42.5 Å². The van der Waals surface area contributed by atoms with Crippen molar-refractivity contribution < 1.29 is 9.18 Å². The maximum atomic E-state index is 13.5. The van der Waals surface area contributed by atoms with Gasteiger partial charge in [-0.1, -0.05) is 12.1 Å². The zero-order valence-electron chi connectivity index (χ0n) is 11.6. The number of hydrogen-bond acceptors (Lipinski definition) is 4. The van der Waals surface area contributed by atoms with Gasteiger partial charge in [0.05, 0.1) is 15.8 Å². The van der Waals surface area contributed by atoms with E-state index < -0.39 is 11.7 Å². The highest BCUT2D eigenvalue weighted by Gasteiger charge is 2.29. The van der Waals surface area contributed by atoms with Crippen LogP contribution in [0.2, 0.25) is 0 Å². The molecule has 0 unspecified atom stereocenters. The van der Waals surface area contributed by atoms with Crippen LogP contribution >= 0.6 is 11.3 Å². The summed E-state index contributed by atoms with van der Waals surface area (Å²) in [6, 6.07) is 13.6. The Morgan fingerprint density at radius 2 is 2.09 bits per heavy atom. The first kappa shape index (κ1) is 13.6. The molecule has 0 radical (unpaired) electrons. The first-order valence-corrected chi connectivity index (χ1v) is 7.60. The fraction of sp³-hybridized carbons (Fsp3) is 0. The molecular weight excluding hydrogens is 313 g/mol. The Hall–Kier alpha value is -3.04. The van der Waals surface area contributed by atoms with Gasteiger partial charge in [0.1, 0.15) is 22.5 Å². The number of para-hydroxylation sites is 1. The zero-order chi connectivity index (χ0) is 16.0. The Labute approximate surface area is 134 Å². The number of benzene rings is 2. The summed E-state index contributed by atoms with van der Waals surface area (Å²) in [5.74, 6) is -0.874. The van der Waals surface area contributed by atoms with Gasteiger partial charge in [0.15, 0.2) is 0 Å². The maximum absolute atomic E-state index is 13.5. The summed E-state index contributed by atoms with van der Waals surface area (Å²) in [6.07, 6.45) is 0. The number of amides is 1. The lowest BCUT2D eigenvalue weighted by Gasteiger charge is -2.00. The first-order chi connectivity index (χ1) is 11.2. The monoisotopic (exact) mass is 321 g/mol. The fourth-order valence-corrected chi connectivity index (χ4v) is 3.54. The highest BCUT2D eigenvalue weighted by molar-refractivity contribution is 7.19. The van der Waals surface area contributed by atoms with E-state index in [-0.39, 0.29) is 11.1 Å². The summed E-state index contributed by atoms with van der Waals surface area (Å²) < 4.78 is 14.5. The van der Waals surface area contributed by atoms with E-state index in [2.05, 4.69) is 16.4 Å². The average molecular weight is 321 g/mol. The largest absolute Gasteiger partial charge is 0.321 e. The summed E-state index contributed by atoms with van der Waals surface area (Å²) in [5.41, 5.74) is 1.99. The molecule has 4 nitrogen and oxygen atoms in total. The van der Waals surface area contributed by atoms with E-state index in [0.29, 0.717) is 16.3 Å². The molecule has 1 N–H and O–H groups in total. The summed E-state index contributed by atoms with van der Waals surface area (Å²) >= 11 is 1.33. The fourth-order valence-electron chi connectivity index (χ4n) is 2.58. The molecule has 2 aromatic carbocycles. The minimum Gasteiger partial charge on any atom is -0.321 e. The molecule has 0 fully saturated rings. The Bertz CT molecular complexity index is 1010. The third kappa shape index (κ3) is 2.10. The number of fused-ring (bicyclic) bond motifs is 2. The highest BCUT2D eigenvalue weighted by atomic mass is 32.1. The van der Waals surface area contributed by atoms with E-state index in [1.807, 2.05) is 24.3 Å². The molecule has 0 saturated carbocycles. The second-order valence-electron chi connectivity index (χ2n) is 4.99. The number of carbonyl (C=O) groups excluding carboxylic acids is 1. The van der Waals surface area contributed by atoms with Crippen molar-refractivity contribution in [1.82, 2.24) is 4.98 Å². The van der Waals surface area contributed by atoms with Crippen LogP contribution in [-0.4, -0.2) is 10.9 Å². The maximum Gasteiger partial charge on any atom is 0.257 e. The molecular formula is C17H8FN3OS. The number of carbonyl (C=O) groups is 1. The van der Waals surface area contributed by atoms with Crippen molar-refractivity contribution in [3.8, 4) is 6.07 Å². The van der Waals surface area contributed by atoms with Gasteiger partial charge in [-0.25, -0.2) is 9.37 Å². The Balaban J connectivity index is 1.99. The molecule has 3 aromatic rings. The van der Waals surface area contributed by atoms with Gasteiger partial charge < -0.3 is 5.32 Å². The molecule has 1 aliphatic rings. The third-order valence-electron chi connectivity index (χ3n) is 3.60. The molecule has 1 aromatic heterocycles. The standard InChI is InChI=1S/C17H8FN3OS/c18-9-5-6-12-10(7-9)15(16(22)20-12)11(8-19)17-21-13-3-1-2-4-14(13)23-17/h1-7H,(H,20,22)/b15-11-. The van der Waals surface area contributed by atoms with Gasteiger partial charge in [0.2, 0.25) is 0 Å². The van der Waals surface area contributed by atoms with E-state index in [4.69, 9.17) is 0 Å². The van der Waals surface area contributed by atoms with Crippen molar-refractivity contribution in [2.45, 2.75) is 0 Å². The molecule has 23 heavy (non-hydrogen) atoms. The molecule has 0 saturated heterocycles. The van der Waals surface area contributed by atoms with Crippen molar-refractivity contribution in [3.05, 3.63) is 58.9 Å². The predicted molar refractivity (Wildman–Crippen MR) is 87.1 cm³/mol. The van der Waals surface area contributed by atoms with Crippen molar-refractivity contribution in [3.63, 3.8) is 0 Å². The third-order valence-corrected chi connectivity index (χ3v) is 4.65. The van der Waals surface area contributed by atoms with Crippen LogP contribution in [0.25, 0.3) is 21.4 Å². The molecule has 1 aliphatic heterocycles. The number of allylic oxidation sites excluding steroid dienone is 1. The number of thiazole rings is 1. The van der Waals surface area contributed by atoms with Gasteiger partial charge >= 0.3 is 0 Å². The van der Waals surface area contributed by atoms with Crippen LogP contribution < -0.4 is 5.32 Å². The van der Waals surface area contributed by atoms with Crippen molar-refractivity contribution in [1.29, 1.82) is 5.26 Å². The van der Waals surface area contributed by atoms with Crippen LogP contribution in [-0.2, 0) is 4.79 Å². The Kier molecular flexibility index (Phi) is 2.96. The van der Waals surface area contributed by atoms with E-state index in [9.17, 15) is 14.4 Å². The lowest BCUT2D eigenvalue weighted by atomic mass is 10.0. The van der Waals surface area contributed by atoms with Gasteiger partial charge in [-0.3, -0.25) is 4.79 Å². The predicted octanol–water partition coefficient (Wildman–Crippen LogP) is 3.82. The number of halogens is 1. The topological polar surface area (TPSA) is 65.8 Å². The Morgan fingerprint density at radius 3 is 2.87 bits per heavy atom. The van der Waals surface area contributed by atoms with Crippen molar-refractivity contribution in [2.24, 2.45) is 0 Å². The highest BCUT2D eigenvalue weighted by Crippen LogP contribution is 2.38. The molecule has 0 spiro atoms. The lowest BCUT2D eigenvalue weighted by molar-refractivity contribution is -0.110. The van der Waals surface area contributed by atoms with E-state index in [1.54, 1.807) is 0 Å². The normalized spacial score (nSPS) is 15.2. The van der Waals surface area contributed by atoms with Crippen LogP contribution in [0.1, 0.15) is 10.6 Å². The number of hydrogen-bond donors (Lipinski definition) is 1. The van der Waals surface area contributed by atoms with Gasteiger partial charge in [0.25, 0.3) is 5.91 Å². The smallest absolute Gasteiger partial charge is 0.257 e. The quantitative estimate of drug-likeness (QED) is 0.547. The molecule has 0 aliphatic carbocycles. The van der Waals surface area contributed by atoms with Gasteiger partial charge in [-0.2, -0.15) is 5.26 Å². The van der Waals surface area contributed by atoms with Gasteiger partial charge in [-0.05, 0) is 30.3 Å². The summed E-state index contributed by atoms with van der Waals surface area (Å²) in [4.78, 5) is 16.7. The number of nitrogens with zero attached hydrogens (tertiary/aromatic N) is 2. The molecule has 6 heteroatoms.